The number of carbonyl (C=O) groups is 3. The molecule has 0 unspecified atom stereocenters. The standard InChI is InChI=1S/C26H28N4O4/c1-2-3-15-34-23-12-8-7-11-20(23)21-16-22(28-27-21)26(33)29-17-24(31)30(25(32)18-29)14-13-19-9-5-4-6-10-19/h4-12,16H,2-3,13-15,17-18H2,1H3,(H,27,28). The van der Waals surface area contributed by atoms with E-state index in [4.69, 9.17) is 4.74 Å². The maximum Gasteiger partial charge on any atom is 0.272 e. The molecule has 0 aliphatic carbocycles. The molecule has 2 heterocycles. The number of piperazine rings is 1. The lowest BCUT2D eigenvalue weighted by Gasteiger charge is -2.32. The number of H-pyrrole nitrogens is 1. The first-order valence-electron chi connectivity index (χ1n) is 11.5. The summed E-state index contributed by atoms with van der Waals surface area (Å²) in [6, 6.07) is 18.8. The number of benzene rings is 2. The summed E-state index contributed by atoms with van der Waals surface area (Å²) < 4.78 is 5.87. The molecular formula is C26H28N4O4. The van der Waals surface area contributed by atoms with E-state index in [1.807, 2.05) is 54.6 Å². The minimum absolute atomic E-state index is 0.148. The van der Waals surface area contributed by atoms with Crippen LogP contribution in [0.4, 0.5) is 0 Å². The van der Waals surface area contributed by atoms with Gasteiger partial charge in [-0.2, -0.15) is 5.10 Å². The van der Waals surface area contributed by atoms with Crippen molar-refractivity contribution >= 4 is 17.7 Å². The second kappa shape index (κ2) is 10.8. The molecule has 3 aromatic rings. The van der Waals surface area contributed by atoms with Gasteiger partial charge in [-0.1, -0.05) is 55.8 Å². The summed E-state index contributed by atoms with van der Waals surface area (Å²) >= 11 is 0. The van der Waals surface area contributed by atoms with Crippen molar-refractivity contribution in [3.05, 3.63) is 71.9 Å². The lowest BCUT2D eigenvalue weighted by atomic mass is 10.1. The highest BCUT2D eigenvalue weighted by Crippen LogP contribution is 2.29. The number of para-hydroxylation sites is 1. The van der Waals surface area contributed by atoms with Crippen LogP contribution in [0.15, 0.2) is 60.7 Å². The quantitative estimate of drug-likeness (QED) is 0.390. The minimum atomic E-state index is -0.437. The maximum atomic E-state index is 13.0. The van der Waals surface area contributed by atoms with Crippen molar-refractivity contribution in [1.29, 1.82) is 0 Å². The summed E-state index contributed by atoms with van der Waals surface area (Å²) in [4.78, 5) is 40.8. The van der Waals surface area contributed by atoms with Crippen molar-refractivity contribution in [2.24, 2.45) is 0 Å². The number of nitrogens with zero attached hydrogens (tertiary/aromatic N) is 3. The zero-order valence-electron chi connectivity index (χ0n) is 19.2. The fourth-order valence-corrected chi connectivity index (χ4v) is 3.84. The number of imide groups is 1. The molecule has 1 fully saturated rings. The van der Waals surface area contributed by atoms with Gasteiger partial charge in [0.2, 0.25) is 11.8 Å². The van der Waals surface area contributed by atoms with Gasteiger partial charge in [0.25, 0.3) is 5.91 Å². The third-order valence-electron chi connectivity index (χ3n) is 5.74. The van der Waals surface area contributed by atoms with E-state index in [9.17, 15) is 14.4 Å². The average molecular weight is 461 g/mol. The highest BCUT2D eigenvalue weighted by molar-refractivity contribution is 6.05. The summed E-state index contributed by atoms with van der Waals surface area (Å²) in [7, 11) is 0. The topological polar surface area (TPSA) is 95.6 Å². The van der Waals surface area contributed by atoms with Crippen molar-refractivity contribution in [2.75, 3.05) is 26.2 Å². The lowest BCUT2D eigenvalue weighted by molar-refractivity contribution is -0.150. The fraction of sp³-hybridized carbons (Fsp3) is 0.308. The van der Waals surface area contributed by atoms with E-state index in [2.05, 4.69) is 17.1 Å². The number of rotatable bonds is 9. The number of unbranched alkanes of at least 4 members (excludes halogenated alkanes) is 1. The van der Waals surface area contributed by atoms with E-state index in [0.29, 0.717) is 31.0 Å². The van der Waals surface area contributed by atoms with Crippen molar-refractivity contribution in [3.63, 3.8) is 0 Å². The van der Waals surface area contributed by atoms with Crippen molar-refractivity contribution in [3.8, 4) is 17.0 Å². The first kappa shape index (κ1) is 23.2. The first-order valence-corrected chi connectivity index (χ1v) is 11.5. The molecule has 0 saturated carbocycles. The number of aromatic nitrogens is 2. The molecule has 2 aromatic carbocycles. The molecule has 0 spiro atoms. The van der Waals surface area contributed by atoms with Gasteiger partial charge in [-0.05, 0) is 36.6 Å². The fourth-order valence-electron chi connectivity index (χ4n) is 3.84. The molecule has 0 bridgehead atoms. The van der Waals surface area contributed by atoms with Crippen molar-refractivity contribution < 1.29 is 19.1 Å². The molecule has 1 aliphatic heterocycles. The normalized spacial score (nSPS) is 13.9. The summed E-state index contributed by atoms with van der Waals surface area (Å²) in [6.45, 7) is 2.70. The van der Waals surface area contributed by atoms with Crippen LogP contribution in [0.5, 0.6) is 5.75 Å². The van der Waals surface area contributed by atoms with E-state index >= 15 is 0 Å². The molecule has 8 heteroatoms. The molecule has 0 atom stereocenters. The van der Waals surface area contributed by atoms with E-state index in [0.717, 1.165) is 24.0 Å². The molecule has 8 nitrogen and oxygen atoms in total. The highest BCUT2D eigenvalue weighted by atomic mass is 16.5. The number of hydrogen-bond acceptors (Lipinski definition) is 5. The maximum absolute atomic E-state index is 13.0. The monoisotopic (exact) mass is 460 g/mol. The Morgan fingerprint density at radius 2 is 1.74 bits per heavy atom. The Morgan fingerprint density at radius 1 is 1.03 bits per heavy atom. The van der Waals surface area contributed by atoms with Crippen LogP contribution in [-0.4, -0.2) is 64.0 Å². The zero-order chi connectivity index (χ0) is 23.9. The predicted octanol–water partition coefficient (Wildman–Crippen LogP) is 3.31. The van der Waals surface area contributed by atoms with Gasteiger partial charge in [0.1, 0.15) is 24.5 Å². The number of nitrogens with one attached hydrogen (secondary N) is 1. The van der Waals surface area contributed by atoms with Crippen LogP contribution in [-0.2, 0) is 16.0 Å². The molecule has 34 heavy (non-hydrogen) atoms. The van der Waals surface area contributed by atoms with Crippen LogP contribution < -0.4 is 4.74 Å². The van der Waals surface area contributed by atoms with Gasteiger partial charge < -0.3 is 9.64 Å². The number of amides is 3. The Morgan fingerprint density at radius 3 is 2.47 bits per heavy atom. The van der Waals surface area contributed by atoms with Gasteiger partial charge in [0.15, 0.2) is 0 Å². The van der Waals surface area contributed by atoms with Gasteiger partial charge in [-0.25, -0.2) is 0 Å². The zero-order valence-corrected chi connectivity index (χ0v) is 19.2. The van der Waals surface area contributed by atoms with E-state index in [1.54, 1.807) is 6.07 Å². The molecule has 0 radical (unpaired) electrons. The first-order chi connectivity index (χ1) is 16.6. The molecule has 1 aliphatic rings. The molecule has 176 valence electrons. The summed E-state index contributed by atoms with van der Waals surface area (Å²) in [5.74, 6) is -0.503. The molecule has 1 aromatic heterocycles. The third kappa shape index (κ3) is 5.33. The summed E-state index contributed by atoms with van der Waals surface area (Å²) in [5.41, 5.74) is 2.60. The molecule has 1 N–H and O–H groups in total. The van der Waals surface area contributed by atoms with Crippen molar-refractivity contribution in [1.82, 2.24) is 20.0 Å². The van der Waals surface area contributed by atoms with Crippen LogP contribution in [0.1, 0.15) is 35.8 Å². The molecule has 1 saturated heterocycles. The van der Waals surface area contributed by atoms with E-state index in [-0.39, 0.29) is 30.6 Å². The van der Waals surface area contributed by atoms with Gasteiger partial charge in [-0.3, -0.25) is 24.4 Å². The predicted molar refractivity (Wildman–Crippen MR) is 127 cm³/mol. The SMILES string of the molecule is CCCCOc1ccccc1-c1cc(C(=O)N2CC(=O)N(CCc3ccccc3)C(=O)C2)[nH]n1. The Labute approximate surface area is 198 Å². The van der Waals surface area contributed by atoms with Crippen LogP contribution >= 0.6 is 0 Å². The largest absolute Gasteiger partial charge is 0.493 e. The third-order valence-corrected chi connectivity index (χ3v) is 5.74. The van der Waals surface area contributed by atoms with Gasteiger partial charge in [0, 0.05) is 12.1 Å². The van der Waals surface area contributed by atoms with Crippen LogP contribution in [0.2, 0.25) is 0 Å². The van der Waals surface area contributed by atoms with E-state index in [1.165, 1.54) is 9.80 Å². The second-order valence-electron chi connectivity index (χ2n) is 8.20. The molecule has 4 rings (SSSR count). The van der Waals surface area contributed by atoms with Gasteiger partial charge >= 0.3 is 0 Å². The summed E-state index contributed by atoms with van der Waals surface area (Å²) in [6.07, 6.45) is 2.55. The number of carbonyl (C=O) groups excluding carboxylic acids is 3. The lowest BCUT2D eigenvalue weighted by Crippen LogP contribution is -2.56. The van der Waals surface area contributed by atoms with Crippen LogP contribution in [0.3, 0.4) is 0 Å². The van der Waals surface area contributed by atoms with Crippen molar-refractivity contribution in [2.45, 2.75) is 26.2 Å². The van der Waals surface area contributed by atoms with E-state index < -0.39 is 5.91 Å². The summed E-state index contributed by atoms with van der Waals surface area (Å²) in [5, 5.41) is 7.02. The Hall–Kier alpha value is -3.94. The van der Waals surface area contributed by atoms with Crippen LogP contribution in [0, 0.1) is 0 Å². The highest BCUT2D eigenvalue weighted by Gasteiger charge is 2.34. The Bertz CT molecular complexity index is 1140. The Balaban J connectivity index is 1.41. The smallest absolute Gasteiger partial charge is 0.272 e. The number of ether oxygens (including phenoxy) is 1. The Kier molecular flexibility index (Phi) is 7.37. The second-order valence-corrected chi connectivity index (χ2v) is 8.20. The number of aromatic amines is 1. The average Bonchev–Trinajstić information content (AvgIpc) is 3.34. The molecule has 3 amide bonds. The van der Waals surface area contributed by atoms with Gasteiger partial charge in [0.05, 0.1) is 12.3 Å². The van der Waals surface area contributed by atoms with Crippen LogP contribution in [0.25, 0.3) is 11.3 Å². The minimum Gasteiger partial charge on any atom is -0.493 e. The molecular weight excluding hydrogens is 432 g/mol. The van der Waals surface area contributed by atoms with Gasteiger partial charge in [-0.15, -0.1) is 0 Å². The number of hydrogen-bond donors (Lipinski definition) is 1.